The molecular formula is C20H24N5OS2+. The average molecular weight is 415 g/mol. The second kappa shape index (κ2) is 7.98. The fourth-order valence-corrected chi connectivity index (χ4v) is 4.48. The van der Waals surface area contributed by atoms with Crippen LogP contribution < -0.4 is 4.90 Å². The molecule has 0 bridgehead atoms. The highest BCUT2D eigenvalue weighted by Crippen LogP contribution is 2.21. The minimum atomic E-state index is 0.144. The van der Waals surface area contributed by atoms with Gasteiger partial charge in [-0.15, -0.1) is 16.4 Å². The number of hydrogen-bond acceptors (Lipinski definition) is 4. The van der Waals surface area contributed by atoms with Crippen LogP contribution in [0.1, 0.15) is 15.2 Å². The third kappa shape index (κ3) is 3.67. The van der Waals surface area contributed by atoms with E-state index in [2.05, 4.69) is 19.1 Å². The predicted octanol–water partition coefficient (Wildman–Crippen LogP) is 1.99. The molecule has 3 heterocycles. The quantitative estimate of drug-likeness (QED) is 0.664. The number of nitrogens with zero attached hydrogens (tertiary/aromatic N) is 4. The fraction of sp³-hybridized carbons (Fsp3) is 0.350. The molecule has 1 N–H and O–H groups in total. The molecule has 0 radical (unpaired) electrons. The van der Waals surface area contributed by atoms with Crippen LogP contribution in [0.25, 0.3) is 11.4 Å². The molecule has 1 aliphatic rings. The maximum atomic E-state index is 12.5. The van der Waals surface area contributed by atoms with Gasteiger partial charge in [-0.05, 0) is 36.2 Å². The molecule has 4 rings (SSSR count). The summed E-state index contributed by atoms with van der Waals surface area (Å²) in [6.07, 6.45) is 0. The zero-order chi connectivity index (χ0) is 19.7. The second-order valence-corrected chi connectivity index (χ2v) is 8.47. The Labute approximate surface area is 173 Å². The van der Waals surface area contributed by atoms with E-state index in [9.17, 15) is 4.79 Å². The van der Waals surface area contributed by atoms with Gasteiger partial charge in [0.15, 0.2) is 12.5 Å². The summed E-state index contributed by atoms with van der Waals surface area (Å²) in [7, 11) is 1.97. The van der Waals surface area contributed by atoms with Gasteiger partial charge < -0.3 is 14.4 Å². The van der Waals surface area contributed by atoms with Crippen LogP contribution in [-0.2, 0) is 13.7 Å². The lowest BCUT2D eigenvalue weighted by atomic mass is 10.1. The van der Waals surface area contributed by atoms with Gasteiger partial charge in [-0.3, -0.25) is 4.79 Å². The molecule has 1 saturated heterocycles. The molecule has 6 nitrogen and oxygen atoms in total. The van der Waals surface area contributed by atoms with Crippen molar-refractivity contribution in [1.82, 2.24) is 19.2 Å². The van der Waals surface area contributed by atoms with E-state index in [-0.39, 0.29) is 5.91 Å². The lowest BCUT2D eigenvalue weighted by Crippen LogP contribution is -3.14. The molecule has 1 fully saturated rings. The zero-order valence-corrected chi connectivity index (χ0v) is 17.7. The van der Waals surface area contributed by atoms with Crippen LogP contribution in [0.5, 0.6) is 0 Å². The Kier molecular flexibility index (Phi) is 5.43. The highest BCUT2D eigenvalue weighted by atomic mass is 32.1. The Bertz CT molecular complexity index is 1030. The molecule has 28 heavy (non-hydrogen) atoms. The number of rotatable bonds is 4. The average Bonchev–Trinajstić information content (AvgIpc) is 3.33. The number of hydrogen-bond donors (Lipinski definition) is 1. The lowest BCUT2D eigenvalue weighted by molar-refractivity contribution is -0.927. The Morgan fingerprint density at radius 1 is 1.21 bits per heavy atom. The van der Waals surface area contributed by atoms with Crippen molar-refractivity contribution in [1.29, 1.82) is 0 Å². The van der Waals surface area contributed by atoms with E-state index in [4.69, 9.17) is 17.3 Å². The van der Waals surface area contributed by atoms with Gasteiger partial charge in [0.2, 0.25) is 4.77 Å². The lowest BCUT2D eigenvalue weighted by Gasteiger charge is -2.31. The topological polar surface area (TPSA) is 47.5 Å². The van der Waals surface area contributed by atoms with Crippen LogP contribution in [0.15, 0.2) is 41.8 Å². The summed E-state index contributed by atoms with van der Waals surface area (Å²) in [6, 6.07) is 12.1. The molecule has 2 aromatic heterocycles. The van der Waals surface area contributed by atoms with Crippen molar-refractivity contribution in [3.8, 4) is 11.4 Å². The maximum absolute atomic E-state index is 12.5. The zero-order valence-electron chi connectivity index (χ0n) is 16.1. The van der Waals surface area contributed by atoms with Gasteiger partial charge in [-0.25, -0.2) is 0 Å². The van der Waals surface area contributed by atoms with Gasteiger partial charge in [0.1, 0.15) is 0 Å². The summed E-state index contributed by atoms with van der Waals surface area (Å²) in [5.74, 6) is 1.04. The van der Waals surface area contributed by atoms with Crippen molar-refractivity contribution in [3.63, 3.8) is 0 Å². The van der Waals surface area contributed by atoms with Crippen LogP contribution in [-0.4, -0.2) is 51.3 Å². The molecular weight excluding hydrogens is 390 g/mol. The summed E-state index contributed by atoms with van der Waals surface area (Å²) in [4.78, 5) is 16.7. The largest absolute Gasteiger partial charge is 0.327 e. The SMILES string of the molecule is Cc1ccccc1-c1nn(C[NH+]2CCN(C(=O)c3cccs3)CC2)c(=S)n1C. The number of nitrogens with one attached hydrogen (secondary N) is 1. The molecule has 1 amide bonds. The number of aromatic nitrogens is 3. The number of thiophene rings is 1. The first-order valence-corrected chi connectivity index (χ1v) is 10.7. The van der Waals surface area contributed by atoms with Crippen LogP contribution >= 0.6 is 23.6 Å². The number of carbonyl (C=O) groups excluding carboxylic acids is 1. The normalized spacial score (nSPS) is 15.1. The van der Waals surface area contributed by atoms with E-state index in [0.29, 0.717) is 0 Å². The molecule has 0 unspecified atom stereocenters. The Morgan fingerprint density at radius 2 is 1.96 bits per heavy atom. The molecule has 0 spiro atoms. The van der Waals surface area contributed by atoms with Gasteiger partial charge in [0.25, 0.3) is 5.91 Å². The van der Waals surface area contributed by atoms with E-state index >= 15 is 0 Å². The first-order chi connectivity index (χ1) is 13.5. The molecule has 1 aromatic carbocycles. The predicted molar refractivity (Wildman–Crippen MR) is 113 cm³/mol. The van der Waals surface area contributed by atoms with Gasteiger partial charge >= 0.3 is 0 Å². The fourth-order valence-electron chi connectivity index (χ4n) is 3.60. The first-order valence-electron chi connectivity index (χ1n) is 9.41. The number of amides is 1. The van der Waals surface area contributed by atoms with Crippen LogP contribution in [0.4, 0.5) is 0 Å². The van der Waals surface area contributed by atoms with Crippen molar-refractivity contribution < 1.29 is 9.69 Å². The van der Waals surface area contributed by atoms with Crippen LogP contribution in [0.2, 0.25) is 0 Å². The molecule has 1 aliphatic heterocycles. The number of benzene rings is 1. The third-order valence-corrected chi connectivity index (χ3v) is 6.63. The van der Waals surface area contributed by atoms with Crippen molar-refractivity contribution >= 4 is 29.5 Å². The Hall–Kier alpha value is -2.29. The summed E-state index contributed by atoms with van der Waals surface area (Å²) < 4.78 is 4.62. The minimum absolute atomic E-state index is 0.144. The van der Waals surface area contributed by atoms with Crippen molar-refractivity contribution in [2.24, 2.45) is 7.05 Å². The summed E-state index contributed by atoms with van der Waals surface area (Å²) in [6.45, 7) is 6.13. The standard InChI is InChI=1S/C20H23N5OS2/c1-15-6-3-4-7-16(15)18-21-25(20(27)22(18)2)14-23-9-11-24(12-10-23)19(26)17-8-5-13-28-17/h3-8,13H,9-12,14H2,1-2H3/p+1. The van der Waals surface area contributed by atoms with E-state index in [1.807, 2.05) is 50.8 Å². The molecule has 0 aliphatic carbocycles. The third-order valence-electron chi connectivity index (χ3n) is 5.29. The number of aryl methyl sites for hydroxylation is 1. The molecule has 146 valence electrons. The van der Waals surface area contributed by atoms with Gasteiger partial charge in [-0.1, -0.05) is 30.3 Å². The highest BCUT2D eigenvalue weighted by molar-refractivity contribution is 7.71. The maximum Gasteiger partial charge on any atom is 0.264 e. The number of piperazine rings is 1. The summed E-state index contributed by atoms with van der Waals surface area (Å²) in [5, 5.41) is 6.75. The van der Waals surface area contributed by atoms with Gasteiger partial charge in [0, 0.05) is 12.6 Å². The van der Waals surface area contributed by atoms with E-state index < -0.39 is 0 Å². The number of carbonyl (C=O) groups is 1. The van der Waals surface area contributed by atoms with Crippen molar-refractivity contribution in [2.45, 2.75) is 13.6 Å². The molecule has 8 heteroatoms. The van der Waals surface area contributed by atoms with E-state index in [0.717, 1.165) is 53.9 Å². The Balaban J connectivity index is 1.45. The Morgan fingerprint density at radius 3 is 2.64 bits per heavy atom. The van der Waals surface area contributed by atoms with E-state index in [1.54, 1.807) is 0 Å². The molecule has 0 saturated carbocycles. The smallest absolute Gasteiger partial charge is 0.264 e. The summed E-state index contributed by atoms with van der Waals surface area (Å²) >= 11 is 7.14. The van der Waals surface area contributed by atoms with Crippen LogP contribution in [0, 0.1) is 11.7 Å². The first kappa shape index (κ1) is 19.0. The van der Waals surface area contributed by atoms with Crippen molar-refractivity contribution in [3.05, 3.63) is 57.0 Å². The van der Waals surface area contributed by atoms with E-state index in [1.165, 1.54) is 21.8 Å². The van der Waals surface area contributed by atoms with Gasteiger partial charge in [0.05, 0.1) is 31.1 Å². The highest BCUT2D eigenvalue weighted by Gasteiger charge is 2.26. The number of quaternary nitrogens is 1. The monoisotopic (exact) mass is 414 g/mol. The second-order valence-electron chi connectivity index (χ2n) is 7.16. The van der Waals surface area contributed by atoms with Gasteiger partial charge in [-0.2, -0.15) is 4.68 Å². The van der Waals surface area contributed by atoms with Crippen molar-refractivity contribution in [2.75, 3.05) is 26.2 Å². The molecule has 3 aromatic rings. The minimum Gasteiger partial charge on any atom is -0.327 e. The summed E-state index contributed by atoms with van der Waals surface area (Å²) in [5.41, 5.74) is 2.29. The van der Waals surface area contributed by atoms with Crippen LogP contribution in [0.3, 0.4) is 0 Å². The molecule has 0 atom stereocenters.